The number of fused-ring (bicyclic) bond motifs is 1. The Labute approximate surface area is 189 Å². The topological polar surface area (TPSA) is 8.81 Å². The lowest BCUT2D eigenvalue weighted by Gasteiger charge is -2.07. The normalized spacial score (nSPS) is 13.2. The van der Waals surface area contributed by atoms with Gasteiger partial charge in [-0.3, -0.25) is 0 Å². The maximum Gasteiger partial charge on any atom is 0.262 e. The summed E-state index contributed by atoms with van der Waals surface area (Å²) in [4.78, 5) is 0. The third-order valence-corrected chi connectivity index (χ3v) is 5.99. The molecule has 0 spiro atoms. The van der Waals surface area contributed by atoms with Crippen LogP contribution in [0.2, 0.25) is 0 Å². The van der Waals surface area contributed by atoms with Crippen LogP contribution in [0.1, 0.15) is 30.7 Å². The maximum absolute atomic E-state index is 2.48. The Hall–Kier alpha value is -2.65. The van der Waals surface area contributed by atoms with Gasteiger partial charge in [0.05, 0.1) is 6.54 Å². The van der Waals surface area contributed by atoms with Crippen molar-refractivity contribution in [1.82, 2.24) is 4.57 Å². The summed E-state index contributed by atoms with van der Waals surface area (Å²) in [5.41, 5.74) is 7.63. The second-order valence-corrected chi connectivity index (χ2v) is 8.05. The highest BCUT2D eigenvalue weighted by Gasteiger charge is 2.27. The first-order valence-electron chi connectivity index (χ1n) is 10.7. The number of halogens is 1. The van der Waals surface area contributed by atoms with Gasteiger partial charge in [0.15, 0.2) is 5.69 Å². The predicted octanol–water partition coefficient (Wildman–Crippen LogP) is 3.14. The molecule has 0 atom stereocenters. The van der Waals surface area contributed by atoms with Crippen molar-refractivity contribution in [1.29, 1.82) is 0 Å². The molecule has 1 aliphatic rings. The molecular formula is C27H27BrN2. The maximum atomic E-state index is 2.48. The smallest absolute Gasteiger partial charge is 0.262 e. The van der Waals surface area contributed by atoms with E-state index in [4.69, 9.17) is 0 Å². The van der Waals surface area contributed by atoms with Crippen LogP contribution in [0.5, 0.6) is 0 Å². The summed E-state index contributed by atoms with van der Waals surface area (Å²) < 4.78 is 4.95. The molecule has 0 unspecified atom stereocenters. The quantitative estimate of drug-likeness (QED) is 0.417. The molecular weight excluding hydrogens is 432 g/mol. The number of nitrogens with zero attached hydrogens (tertiary/aromatic N) is 2. The van der Waals surface area contributed by atoms with E-state index in [1.54, 1.807) is 0 Å². The van der Waals surface area contributed by atoms with Crippen LogP contribution in [0.4, 0.5) is 0 Å². The van der Waals surface area contributed by atoms with Gasteiger partial charge in [-0.15, -0.1) is 0 Å². The van der Waals surface area contributed by atoms with E-state index in [2.05, 4.69) is 101 Å². The summed E-state index contributed by atoms with van der Waals surface area (Å²) in [7, 11) is 0. The third kappa shape index (κ3) is 3.99. The predicted molar refractivity (Wildman–Crippen MR) is 119 cm³/mol. The molecule has 30 heavy (non-hydrogen) atoms. The first kappa shape index (κ1) is 20.6. The minimum absolute atomic E-state index is 0. The highest BCUT2D eigenvalue weighted by molar-refractivity contribution is 5.69. The largest absolute Gasteiger partial charge is 1.00 e. The van der Waals surface area contributed by atoms with Gasteiger partial charge in [0.25, 0.3) is 5.82 Å². The fourth-order valence-electron chi connectivity index (χ4n) is 4.39. The molecule has 3 aromatic carbocycles. The van der Waals surface area contributed by atoms with Crippen LogP contribution in [0, 0.1) is 6.92 Å². The fraction of sp³-hybridized carbons (Fsp3) is 0.222. The Bertz CT molecular complexity index is 1110. The average molecular weight is 459 g/mol. The molecule has 0 bridgehead atoms. The van der Waals surface area contributed by atoms with E-state index in [1.165, 1.54) is 58.7 Å². The van der Waals surface area contributed by atoms with Crippen LogP contribution in [-0.2, 0) is 13.0 Å². The molecule has 0 saturated heterocycles. The summed E-state index contributed by atoms with van der Waals surface area (Å²) in [6.45, 7) is 3.27. The Morgan fingerprint density at radius 1 is 0.700 bits per heavy atom. The van der Waals surface area contributed by atoms with Crippen molar-refractivity contribution in [2.24, 2.45) is 0 Å². The summed E-state index contributed by atoms with van der Waals surface area (Å²) in [5, 5.41) is 0. The Morgan fingerprint density at radius 3 is 2.10 bits per heavy atom. The summed E-state index contributed by atoms with van der Waals surface area (Å²) in [6, 6.07) is 28.5. The van der Waals surface area contributed by atoms with E-state index in [9.17, 15) is 0 Å². The molecule has 1 aliphatic heterocycles. The number of rotatable bonds is 3. The third-order valence-electron chi connectivity index (χ3n) is 5.99. The highest BCUT2D eigenvalue weighted by atomic mass is 79.9. The minimum atomic E-state index is 0. The first-order valence-corrected chi connectivity index (χ1v) is 10.7. The Kier molecular flexibility index (Phi) is 6.19. The summed E-state index contributed by atoms with van der Waals surface area (Å²) in [6.07, 6.45) is 7.34. The Balaban J connectivity index is 0.00000218. The lowest BCUT2D eigenvalue weighted by atomic mass is 10.0. The van der Waals surface area contributed by atoms with E-state index < -0.39 is 0 Å². The van der Waals surface area contributed by atoms with Crippen molar-refractivity contribution >= 4 is 0 Å². The number of hydrogen-bond donors (Lipinski definition) is 0. The SMILES string of the molecule is Cc1ccc(-n2c(-c3ccc(-c4ccccc4)cc3)c[n+]3c2CCCCC3)cc1.[Br-]. The molecule has 152 valence electrons. The molecule has 0 aliphatic carbocycles. The van der Waals surface area contributed by atoms with Crippen LogP contribution in [0.15, 0.2) is 85.1 Å². The van der Waals surface area contributed by atoms with E-state index in [1.807, 2.05) is 0 Å². The minimum Gasteiger partial charge on any atom is -1.00 e. The van der Waals surface area contributed by atoms with E-state index >= 15 is 0 Å². The number of imidazole rings is 1. The summed E-state index contributed by atoms with van der Waals surface area (Å²) >= 11 is 0. The van der Waals surface area contributed by atoms with Gasteiger partial charge in [-0.1, -0.05) is 60.2 Å². The first-order chi connectivity index (χ1) is 14.3. The number of aryl methyl sites for hydroxylation is 2. The molecule has 0 radical (unpaired) electrons. The monoisotopic (exact) mass is 458 g/mol. The lowest BCUT2D eigenvalue weighted by molar-refractivity contribution is -0.702. The van der Waals surface area contributed by atoms with Crippen molar-refractivity contribution in [2.75, 3.05) is 0 Å². The molecule has 5 rings (SSSR count). The average Bonchev–Trinajstić information content (AvgIpc) is 2.97. The van der Waals surface area contributed by atoms with Gasteiger partial charge in [0.2, 0.25) is 0 Å². The van der Waals surface area contributed by atoms with E-state index in [-0.39, 0.29) is 17.0 Å². The molecule has 0 amide bonds. The van der Waals surface area contributed by atoms with Gasteiger partial charge >= 0.3 is 0 Å². The number of hydrogen-bond acceptors (Lipinski definition) is 0. The van der Waals surface area contributed by atoms with Crippen molar-refractivity contribution in [3.63, 3.8) is 0 Å². The van der Waals surface area contributed by atoms with E-state index in [0.29, 0.717) is 0 Å². The van der Waals surface area contributed by atoms with Crippen LogP contribution in [-0.4, -0.2) is 4.57 Å². The standard InChI is InChI=1S/C27H27N2.BrH/c1-21-11-17-25(18-12-21)29-26(20-28-19-7-3-6-10-27(28)29)24-15-13-23(14-16-24)22-8-4-2-5-9-22;/h2,4-5,8-9,11-18,20H,3,6-7,10,19H2,1H3;1H/q+1;/p-1. The second-order valence-electron chi connectivity index (χ2n) is 8.05. The highest BCUT2D eigenvalue weighted by Crippen LogP contribution is 2.29. The van der Waals surface area contributed by atoms with Crippen LogP contribution >= 0.6 is 0 Å². The Morgan fingerprint density at radius 2 is 1.37 bits per heavy atom. The zero-order valence-electron chi connectivity index (χ0n) is 17.4. The molecule has 0 N–H and O–H groups in total. The van der Waals surface area contributed by atoms with Crippen molar-refractivity contribution in [3.8, 4) is 28.1 Å². The van der Waals surface area contributed by atoms with Crippen molar-refractivity contribution in [2.45, 2.75) is 39.2 Å². The zero-order valence-corrected chi connectivity index (χ0v) is 19.0. The van der Waals surface area contributed by atoms with Crippen molar-refractivity contribution < 1.29 is 21.5 Å². The van der Waals surface area contributed by atoms with Crippen LogP contribution in [0.25, 0.3) is 28.1 Å². The molecule has 2 heterocycles. The summed E-state index contributed by atoms with van der Waals surface area (Å²) in [5.74, 6) is 1.42. The number of benzene rings is 3. The molecule has 0 saturated carbocycles. The van der Waals surface area contributed by atoms with Gasteiger partial charge in [-0.05, 0) is 61.6 Å². The molecule has 0 fully saturated rings. The molecule has 1 aromatic heterocycles. The second kappa shape index (κ2) is 9.01. The number of aromatic nitrogens is 2. The van der Waals surface area contributed by atoms with E-state index in [0.717, 1.165) is 13.0 Å². The van der Waals surface area contributed by atoms with Gasteiger partial charge < -0.3 is 17.0 Å². The van der Waals surface area contributed by atoms with Crippen LogP contribution in [0.3, 0.4) is 0 Å². The molecule has 2 nitrogen and oxygen atoms in total. The van der Waals surface area contributed by atoms with Gasteiger partial charge in [0.1, 0.15) is 11.9 Å². The van der Waals surface area contributed by atoms with Crippen molar-refractivity contribution in [3.05, 3.63) is 96.4 Å². The fourth-order valence-corrected chi connectivity index (χ4v) is 4.39. The van der Waals surface area contributed by atoms with Gasteiger partial charge in [0, 0.05) is 12.0 Å². The molecule has 3 heteroatoms. The molecule has 4 aromatic rings. The lowest BCUT2D eigenvalue weighted by Crippen LogP contribution is -3.00. The zero-order chi connectivity index (χ0) is 19.6. The van der Waals surface area contributed by atoms with Crippen LogP contribution < -0.4 is 21.5 Å². The van der Waals surface area contributed by atoms with Gasteiger partial charge in [-0.25, -0.2) is 4.57 Å². The van der Waals surface area contributed by atoms with Gasteiger partial charge in [-0.2, -0.15) is 4.57 Å².